The molecule has 0 amide bonds. The molecule has 1 fully saturated rings. The molecule has 0 radical (unpaired) electrons. The number of carbonyl (C=O) groups excluding carboxylic acids is 1. The van der Waals surface area contributed by atoms with E-state index < -0.39 is 0 Å². The number of hydrogen-bond donors (Lipinski definition) is 0. The Kier molecular flexibility index (Phi) is 20.6. The zero-order valence-corrected chi connectivity index (χ0v) is 27.4. The van der Waals surface area contributed by atoms with Gasteiger partial charge in [0, 0.05) is 30.3 Å². The maximum absolute atomic E-state index is 12.6. The summed E-state index contributed by atoms with van der Waals surface area (Å²) < 4.78 is 5.99. The lowest BCUT2D eigenvalue weighted by atomic mass is 9.80. The molecule has 1 heterocycles. The molecule has 4 nitrogen and oxygen atoms in total. The lowest BCUT2D eigenvalue weighted by Crippen LogP contribution is -2.62. The third kappa shape index (κ3) is 17.7. The largest absolute Gasteiger partial charge is 0.462 e. The van der Waals surface area contributed by atoms with Crippen LogP contribution in [0.3, 0.4) is 0 Å². The first-order valence-corrected chi connectivity index (χ1v) is 17.4. The van der Waals surface area contributed by atoms with E-state index in [1.165, 1.54) is 116 Å². The number of nitrogens with zero attached hydrogens (tertiary/aromatic N) is 1. The Morgan fingerprint density at radius 1 is 0.590 bits per heavy atom. The van der Waals surface area contributed by atoms with Gasteiger partial charge >= 0.3 is 5.97 Å². The predicted molar refractivity (Wildman–Crippen MR) is 168 cm³/mol. The van der Waals surface area contributed by atoms with Gasteiger partial charge in [0.25, 0.3) is 0 Å². The molecule has 232 valence electrons. The molecule has 1 aliphatic heterocycles. The fourth-order valence-electron chi connectivity index (χ4n) is 6.53. The minimum atomic E-state index is -0.149. The number of unbranched alkanes of at least 4 members (excludes halogenated alkanes) is 19. The van der Waals surface area contributed by atoms with Gasteiger partial charge in [-0.3, -0.25) is 9.63 Å². The van der Waals surface area contributed by atoms with Crippen molar-refractivity contribution in [2.75, 3.05) is 6.61 Å². The van der Waals surface area contributed by atoms with Crippen molar-refractivity contribution in [1.29, 1.82) is 0 Å². The minimum Gasteiger partial charge on any atom is -0.462 e. The number of hydroxylamine groups is 2. The molecule has 1 aliphatic rings. The normalized spacial score (nSPS) is 17.5. The van der Waals surface area contributed by atoms with Gasteiger partial charge in [-0.2, -0.15) is 5.06 Å². The van der Waals surface area contributed by atoms with Crippen molar-refractivity contribution in [3.63, 3.8) is 0 Å². The summed E-state index contributed by atoms with van der Waals surface area (Å²) in [6.45, 7) is 14.2. The van der Waals surface area contributed by atoms with Crippen LogP contribution in [0.1, 0.15) is 196 Å². The Hall–Kier alpha value is -0.610. The fraction of sp³-hybridized carbons (Fsp3) is 0.971. The van der Waals surface area contributed by atoms with E-state index in [2.05, 4.69) is 46.6 Å². The molecule has 1 saturated heterocycles. The SMILES string of the molecule is CCCCCCCCCCCCCCCCCC(=O)OC1CC(C)(C)N(OCCCCCCCC)C(C)(C)C1. The summed E-state index contributed by atoms with van der Waals surface area (Å²) in [4.78, 5) is 18.9. The summed E-state index contributed by atoms with van der Waals surface area (Å²) in [6.07, 6.45) is 30.0. The number of rotatable bonds is 25. The van der Waals surface area contributed by atoms with Crippen LogP contribution in [0.4, 0.5) is 0 Å². The van der Waals surface area contributed by atoms with E-state index in [-0.39, 0.29) is 23.2 Å². The molecular formula is C35H69NO3. The first-order chi connectivity index (χ1) is 18.7. The molecule has 0 unspecified atom stereocenters. The van der Waals surface area contributed by atoms with Gasteiger partial charge in [0.05, 0.1) is 6.61 Å². The molecule has 0 aromatic carbocycles. The lowest BCUT2D eigenvalue weighted by molar-refractivity contribution is -0.293. The molecule has 4 heteroatoms. The average molecular weight is 552 g/mol. The van der Waals surface area contributed by atoms with E-state index in [1.807, 2.05) is 0 Å². The standard InChI is InChI=1S/C35H69NO3/c1-7-9-11-13-15-16-17-18-19-20-21-22-23-24-26-28-33(37)39-32-30-34(3,4)36(35(5,6)31-32)38-29-27-25-14-12-10-8-2/h32H,7-31H2,1-6H3. The topological polar surface area (TPSA) is 38.8 Å². The molecule has 0 aliphatic carbocycles. The van der Waals surface area contributed by atoms with Crippen molar-refractivity contribution in [3.8, 4) is 0 Å². The van der Waals surface area contributed by atoms with Crippen molar-refractivity contribution in [3.05, 3.63) is 0 Å². The Balaban J connectivity index is 2.10. The second kappa shape index (κ2) is 22.0. The van der Waals surface area contributed by atoms with Crippen LogP contribution >= 0.6 is 0 Å². The highest BCUT2D eigenvalue weighted by Gasteiger charge is 2.47. The lowest BCUT2D eigenvalue weighted by Gasteiger charge is -2.53. The summed E-state index contributed by atoms with van der Waals surface area (Å²) in [7, 11) is 0. The minimum absolute atomic E-state index is 0.0114. The first kappa shape index (κ1) is 36.4. The van der Waals surface area contributed by atoms with Crippen molar-refractivity contribution >= 4 is 5.97 Å². The van der Waals surface area contributed by atoms with Gasteiger partial charge in [0.2, 0.25) is 0 Å². The average Bonchev–Trinajstić information content (AvgIpc) is 2.86. The summed E-state index contributed by atoms with van der Waals surface area (Å²) in [5.74, 6) is -0.0114. The van der Waals surface area contributed by atoms with Crippen LogP contribution in [0.25, 0.3) is 0 Å². The van der Waals surface area contributed by atoms with E-state index in [1.54, 1.807) is 0 Å². The Morgan fingerprint density at radius 3 is 1.36 bits per heavy atom. The molecule has 0 bridgehead atoms. The molecule has 0 atom stereocenters. The van der Waals surface area contributed by atoms with Gasteiger partial charge in [-0.25, -0.2) is 0 Å². The highest BCUT2D eigenvalue weighted by molar-refractivity contribution is 5.69. The van der Waals surface area contributed by atoms with Crippen LogP contribution in [-0.2, 0) is 14.4 Å². The number of carbonyl (C=O) groups is 1. The molecular weight excluding hydrogens is 482 g/mol. The molecule has 0 spiro atoms. The van der Waals surface area contributed by atoms with Crippen LogP contribution in [0.5, 0.6) is 0 Å². The van der Waals surface area contributed by atoms with Crippen molar-refractivity contribution in [2.45, 2.75) is 213 Å². The van der Waals surface area contributed by atoms with Crippen LogP contribution < -0.4 is 0 Å². The van der Waals surface area contributed by atoms with Crippen molar-refractivity contribution in [2.24, 2.45) is 0 Å². The predicted octanol–water partition coefficient (Wildman–Crippen LogP) is 11.1. The zero-order chi connectivity index (χ0) is 28.8. The van der Waals surface area contributed by atoms with Gasteiger partial charge in [0.1, 0.15) is 6.10 Å². The second-order valence-electron chi connectivity index (χ2n) is 13.7. The Morgan fingerprint density at radius 2 is 0.949 bits per heavy atom. The fourth-order valence-corrected chi connectivity index (χ4v) is 6.53. The van der Waals surface area contributed by atoms with E-state index >= 15 is 0 Å². The van der Waals surface area contributed by atoms with Gasteiger partial charge in [-0.05, 0) is 40.5 Å². The van der Waals surface area contributed by atoms with Gasteiger partial charge in [0.15, 0.2) is 0 Å². The van der Waals surface area contributed by atoms with Crippen LogP contribution in [0, 0.1) is 0 Å². The quantitative estimate of drug-likeness (QED) is 0.0835. The summed E-state index contributed by atoms with van der Waals surface area (Å²) >= 11 is 0. The summed E-state index contributed by atoms with van der Waals surface area (Å²) in [5.41, 5.74) is -0.299. The number of hydrogen-bond acceptors (Lipinski definition) is 4. The Bertz CT molecular complexity index is 570. The van der Waals surface area contributed by atoms with Gasteiger partial charge in [-0.1, -0.05) is 136 Å². The maximum atomic E-state index is 12.6. The molecule has 0 aromatic rings. The van der Waals surface area contributed by atoms with Crippen molar-refractivity contribution in [1.82, 2.24) is 5.06 Å². The molecule has 0 N–H and O–H groups in total. The molecule has 0 saturated carbocycles. The molecule has 39 heavy (non-hydrogen) atoms. The second-order valence-corrected chi connectivity index (χ2v) is 13.7. The van der Waals surface area contributed by atoms with E-state index in [0.717, 1.165) is 38.7 Å². The van der Waals surface area contributed by atoms with E-state index in [0.29, 0.717) is 6.42 Å². The first-order valence-electron chi connectivity index (χ1n) is 17.4. The third-order valence-electron chi connectivity index (χ3n) is 8.55. The van der Waals surface area contributed by atoms with Crippen molar-refractivity contribution < 1.29 is 14.4 Å². The van der Waals surface area contributed by atoms with E-state index in [4.69, 9.17) is 9.57 Å². The monoisotopic (exact) mass is 552 g/mol. The smallest absolute Gasteiger partial charge is 0.306 e. The number of piperidine rings is 1. The summed E-state index contributed by atoms with van der Waals surface area (Å²) in [6, 6.07) is 0. The third-order valence-corrected chi connectivity index (χ3v) is 8.55. The molecule has 0 aromatic heterocycles. The molecule has 1 rings (SSSR count). The Labute approximate surface area is 244 Å². The van der Waals surface area contributed by atoms with Gasteiger partial charge in [-0.15, -0.1) is 0 Å². The number of ether oxygens (including phenoxy) is 1. The van der Waals surface area contributed by atoms with Crippen LogP contribution in [0.15, 0.2) is 0 Å². The van der Waals surface area contributed by atoms with Gasteiger partial charge < -0.3 is 4.74 Å². The maximum Gasteiger partial charge on any atom is 0.306 e. The zero-order valence-electron chi connectivity index (χ0n) is 27.4. The van der Waals surface area contributed by atoms with E-state index in [9.17, 15) is 4.79 Å². The van der Waals surface area contributed by atoms with Crippen LogP contribution in [0.2, 0.25) is 0 Å². The highest BCUT2D eigenvalue weighted by atomic mass is 16.7. The van der Waals surface area contributed by atoms with Crippen LogP contribution in [-0.4, -0.2) is 34.8 Å². The highest BCUT2D eigenvalue weighted by Crippen LogP contribution is 2.40. The summed E-state index contributed by atoms with van der Waals surface area (Å²) in [5, 5.41) is 2.20. The number of esters is 1.